The van der Waals surface area contributed by atoms with Crippen molar-refractivity contribution in [3.8, 4) is 11.6 Å². The first kappa shape index (κ1) is 17.1. The summed E-state index contributed by atoms with van der Waals surface area (Å²) in [5.41, 5.74) is 0.836. The lowest BCUT2D eigenvalue weighted by molar-refractivity contribution is -0.134. The number of rotatable bonds is 4. The summed E-state index contributed by atoms with van der Waals surface area (Å²) in [7, 11) is 0. The highest BCUT2D eigenvalue weighted by Gasteiger charge is 2.24. The molecule has 0 radical (unpaired) electrons. The van der Waals surface area contributed by atoms with Crippen molar-refractivity contribution in [3.63, 3.8) is 0 Å². The molecule has 0 spiro atoms. The van der Waals surface area contributed by atoms with Crippen LogP contribution in [-0.4, -0.2) is 52.3 Å². The van der Waals surface area contributed by atoms with Crippen LogP contribution in [0.15, 0.2) is 52.1 Å². The summed E-state index contributed by atoms with van der Waals surface area (Å²) in [5, 5.41) is 1.49. The van der Waals surface area contributed by atoms with E-state index in [1.165, 1.54) is 11.8 Å². The highest BCUT2D eigenvalue weighted by atomic mass is 32.2. The van der Waals surface area contributed by atoms with Gasteiger partial charge in [0.2, 0.25) is 5.91 Å². The molecule has 1 fully saturated rings. The molecule has 3 heterocycles. The summed E-state index contributed by atoms with van der Waals surface area (Å²) >= 11 is 1.46. The Bertz CT molecular complexity index is 908. The average Bonchev–Trinajstić information content (AvgIpc) is 3.23. The molecule has 0 N–H and O–H groups in total. The van der Waals surface area contributed by atoms with Crippen LogP contribution in [0, 0.1) is 0 Å². The lowest BCUT2D eigenvalue weighted by Gasteiger charge is -2.29. The molecule has 2 aromatic heterocycles. The van der Waals surface area contributed by atoms with Crippen LogP contribution in [-0.2, 0) is 9.53 Å². The van der Waals surface area contributed by atoms with Gasteiger partial charge >= 0.3 is 0 Å². The minimum atomic E-state index is -0.240. The van der Waals surface area contributed by atoms with Gasteiger partial charge in [-0.15, -0.1) is 0 Å². The van der Waals surface area contributed by atoms with E-state index in [9.17, 15) is 4.79 Å². The lowest BCUT2D eigenvalue weighted by atomic mass is 10.2. The van der Waals surface area contributed by atoms with Gasteiger partial charge in [-0.1, -0.05) is 30.0 Å². The maximum absolute atomic E-state index is 12.7. The number of nitrogens with zero attached hydrogens (tertiary/aromatic N) is 3. The largest absolute Gasteiger partial charge is 0.461 e. The summed E-state index contributed by atoms with van der Waals surface area (Å²) in [6, 6.07) is 11.5. The van der Waals surface area contributed by atoms with E-state index in [2.05, 4.69) is 9.97 Å². The number of hydrogen-bond donors (Lipinski definition) is 0. The smallest absolute Gasteiger partial charge is 0.235 e. The molecule has 3 aromatic rings. The number of carbonyl (C=O) groups excluding carboxylic acids is 1. The van der Waals surface area contributed by atoms with Gasteiger partial charge in [0.05, 0.1) is 30.2 Å². The molecular formula is C19H19N3O3S. The molecule has 1 atom stereocenters. The van der Waals surface area contributed by atoms with E-state index in [1.807, 2.05) is 48.2 Å². The third-order valence-corrected chi connectivity index (χ3v) is 5.36. The van der Waals surface area contributed by atoms with Crippen LogP contribution < -0.4 is 0 Å². The van der Waals surface area contributed by atoms with Crippen molar-refractivity contribution in [3.05, 3.63) is 42.7 Å². The SMILES string of the molecule is C[C@H](Sc1nc(-c2ccco2)nc2ccccc12)C(=O)N1CCOCC1. The average molecular weight is 369 g/mol. The van der Waals surface area contributed by atoms with Crippen LogP contribution in [0.2, 0.25) is 0 Å². The fraction of sp³-hybridized carbons (Fsp3) is 0.316. The Morgan fingerprint density at radius 2 is 1.96 bits per heavy atom. The number of hydrogen-bond acceptors (Lipinski definition) is 6. The lowest BCUT2D eigenvalue weighted by Crippen LogP contribution is -2.44. The number of amides is 1. The maximum atomic E-state index is 12.7. The molecule has 7 heteroatoms. The third-order valence-electron chi connectivity index (χ3n) is 4.27. The second-order valence-electron chi connectivity index (χ2n) is 6.04. The first-order valence-electron chi connectivity index (χ1n) is 8.56. The van der Waals surface area contributed by atoms with Crippen LogP contribution in [0.1, 0.15) is 6.92 Å². The van der Waals surface area contributed by atoms with Gasteiger partial charge in [0.1, 0.15) is 5.03 Å². The maximum Gasteiger partial charge on any atom is 0.235 e. The van der Waals surface area contributed by atoms with Crippen LogP contribution in [0.25, 0.3) is 22.5 Å². The van der Waals surface area contributed by atoms with Crippen molar-refractivity contribution < 1.29 is 13.9 Å². The van der Waals surface area contributed by atoms with Gasteiger partial charge in [-0.05, 0) is 25.1 Å². The monoisotopic (exact) mass is 369 g/mol. The third kappa shape index (κ3) is 3.45. The Balaban J connectivity index is 1.65. The number of morpholine rings is 1. The Morgan fingerprint density at radius 3 is 2.73 bits per heavy atom. The number of furan rings is 1. The number of aromatic nitrogens is 2. The molecule has 0 aliphatic carbocycles. The van der Waals surface area contributed by atoms with Crippen molar-refractivity contribution in [1.82, 2.24) is 14.9 Å². The molecule has 4 rings (SSSR count). The summed E-state index contributed by atoms with van der Waals surface area (Å²) < 4.78 is 10.8. The molecule has 1 aliphatic heterocycles. The van der Waals surface area contributed by atoms with Gasteiger partial charge < -0.3 is 14.1 Å². The highest BCUT2D eigenvalue weighted by molar-refractivity contribution is 8.00. The number of benzene rings is 1. The van der Waals surface area contributed by atoms with Gasteiger partial charge in [-0.2, -0.15) is 0 Å². The molecule has 0 bridgehead atoms. The van der Waals surface area contributed by atoms with Gasteiger partial charge in [0.25, 0.3) is 0 Å². The number of para-hydroxylation sites is 1. The van der Waals surface area contributed by atoms with Gasteiger partial charge in [0.15, 0.2) is 11.6 Å². The minimum Gasteiger partial charge on any atom is -0.461 e. The van der Waals surface area contributed by atoms with E-state index in [0.29, 0.717) is 37.9 Å². The van der Waals surface area contributed by atoms with Crippen LogP contribution >= 0.6 is 11.8 Å². The number of carbonyl (C=O) groups is 1. The van der Waals surface area contributed by atoms with E-state index in [0.717, 1.165) is 15.9 Å². The molecule has 0 saturated carbocycles. The predicted molar refractivity (Wildman–Crippen MR) is 100.0 cm³/mol. The molecule has 26 heavy (non-hydrogen) atoms. The fourth-order valence-electron chi connectivity index (χ4n) is 2.91. The summed E-state index contributed by atoms with van der Waals surface area (Å²) in [6.45, 7) is 4.41. The first-order valence-corrected chi connectivity index (χ1v) is 9.44. The van der Waals surface area contributed by atoms with Crippen molar-refractivity contribution in [2.75, 3.05) is 26.3 Å². The van der Waals surface area contributed by atoms with Crippen molar-refractivity contribution in [1.29, 1.82) is 0 Å². The zero-order valence-electron chi connectivity index (χ0n) is 14.4. The second-order valence-corrected chi connectivity index (χ2v) is 7.37. The fourth-order valence-corrected chi connectivity index (χ4v) is 3.94. The van der Waals surface area contributed by atoms with E-state index in [-0.39, 0.29) is 11.2 Å². The normalized spacial score (nSPS) is 16.0. The highest BCUT2D eigenvalue weighted by Crippen LogP contribution is 2.31. The molecule has 134 valence electrons. The van der Waals surface area contributed by atoms with E-state index in [4.69, 9.17) is 9.15 Å². The molecular weight excluding hydrogens is 350 g/mol. The van der Waals surface area contributed by atoms with Crippen LogP contribution in [0.4, 0.5) is 0 Å². The van der Waals surface area contributed by atoms with Gasteiger partial charge in [0, 0.05) is 18.5 Å². The molecule has 6 nitrogen and oxygen atoms in total. The quantitative estimate of drug-likeness (QED) is 0.519. The Morgan fingerprint density at radius 1 is 1.15 bits per heavy atom. The van der Waals surface area contributed by atoms with Gasteiger partial charge in [-0.3, -0.25) is 4.79 Å². The van der Waals surface area contributed by atoms with E-state index >= 15 is 0 Å². The summed E-state index contributed by atoms with van der Waals surface area (Å²) in [5.74, 6) is 1.26. The Labute approximate surface area is 155 Å². The summed E-state index contributed by atoms with van der Waals surface area (Å²) in [4.78, 5) is 23.9. The molecule has 1 aliphatic rings. The minimum absolute atomic E-state index is 0.112. The zero-order valence-corrected chi connectivity index (χ0v) is 15.2. The van der Waals surface area contributed by atoms with Crippen LogP contribution in [0.5, 0.6) is 0 Å². The number of fused-ring (bicyclic) bond motifs is 1. The standard InChI is InChI=1S/C19H19N3O3S/c1-13(19(23)22-8-11-24-12-9-22)26-18-14-5-2-3-6-15(14)20-17(21-18)16-7-4-10-25-16/h2-7,10,13H,8-9,11-12H2,1H3/t13-/m0/s1. The topological polar surface area (TPSA) is 68.5 Å². The van der Waals surface area contributed by atoms with Gasteiger partial charge in [-0.25, -0.2) is 9.97 Å². The Hall–Kier alpha value is -2.38. The second kappa shape index (κ2) is 7.47. The number of thioether (sulfide) groups is 1. The number of ether oxygens (including phenoxy) is 1. The Kier molecular flexibility index (Phi) is 4.90. The molecule has 1 aromatic carbocycles. The van der Waals surface area contributed by atoms with E-state index in [1.54, 1.807) is 6.26 Å². The predicted octanol–water partition coefficient (Wildman–Crippen LogP) is 3.23. The molecule has 1 saturated heterocycles. The first-order chi connectivity index (χ1) is 12.7. The summed E-state index contributed by atoms with van der Waals surface area (Å²) in [6.07, 6.45) is 1.60. The van der Waals surface area contributed by atoms with Crippen molar-refractivity contribution in [2.24, 2.45) is 0 Å². The van der Waals surface area contributed by atoms with Crippen LogP contribution in [0.3, 0.4) is 0 Å². The van der Waals surface area contributed by atoms with Crippen molar-refractivity contribution in [2.45, 2.75) is 17.2 Å². The van der Waals surface area contributed by atoms with E-state index < -0.39 is 0 Å². The zero-order chi connectivity index (χ0) is 17.9. The molecule has 0 unspecified atom stereocenters. The van der Waals surface area contributed by atoms with Crippen molar-refractivity contribution >= 4 is 28.6 Å². The molecule has 1 amide bonds.